The molecule has 0 saturated carbocycles. The lowest BCUT2D eigenvalue weighted by Crippen LogP contribution is -2.43. The van der Waals surface area contributed by atoms with E-state index in [0.29, 0.717) is 19.4 Å². The van der Waals surface area contributed by atoms with Crippen molar-refractivity contribution in [2.45, 2.75) is 45.3 Å². The van der Waals surface area contributed by atoms with E-state index in [1.807, 2.05) is 50.3 Å². The number of nitrogens with one attached hydrogen (secondary N) is 1. The number of benzene rings is 1. The molecule has 7 heteroatoms. The first-order chi connectivity index (χ1) is 13.0. The minimum atomic E-state index is -0.385. The summed E-state index contributed by atoms with van der Waals surface area (Å²) in [6, 6.07) is 7.68. The zero-order chi connectivity index (χ0) is 19.8. The summed E-state index contributed by atoms with van der Waals surface area (Å²) in [4.78, 5) is 24.9. The zero-order valence-corrected chi connectivity index (χ0v) is 15.7. The van der Waals surface area contributed by atoms with Crippen LogP contribution in [0.2, 0.25) is 0 Å². The van der Waals surface area contributed by atoms with Crippen molar-refractivity contribution in [2.75, 3.05) is 6.54 Å². The lowest BCUT2D eigenvalue weighted by atomic mass is 10.00. The number of carbonyl (C=O) groups excluding carboxylic acids is 2. The van der Waals surface area contributed by atoms with E-state index in [4.69, 9.17) is 15.7 Å². The van der Waals surface area contributed by atoms with Crippen LogP contribution < -0.4 is 11.2 Å². The second-order valence-electron chi connectivity index (χ2n) is 6.52. The third kappa shape index (κ3) is 5.59. The molecule has 0 radical (unpaired) electrons. The molecule has 2 unspecified atom stereocenters. The Labute approximate surface area is 159 Å². The molecule has 2 rings (SSSR count). The van der Waals surface area contributed by atoms with Crippen LogP contribution in [0, 0.1) is 0 Å². The lowest BCUT2D eigenvalue weighted by Gasteiger charge is -2.35. The van der Waals surface area contributed by atoms with Crippen molar-refractivity contribution in [1.29, 1.82) is 0 Å². The van der Waals surface area contributed by atoms with Crippen LogP contribution in [0.5, 0.6) is 0 Å². The molecule has 0 aromatic heterocycles. The van der Waals surface area contributed by atoms with Crippen LogP contribution in [0.25, 0.3) is 5.57 Å². The third-order valence-electron chi connectivity index (χ3n) is 4.67. The first kappa shape index (κ1) is 20.5. The molecule has 0 spiro atoms. The maximum absolute atomic E-state index is 12.3. The number of nitrogens with zero attached hydrogens (tertiary/aromatic N) is 1. The monoisotopic (exact) mass is 373 g/mol. The predicted octanol–water partition coefficient (Wildman–Crippen LogP) is 3.12. The molecule has 1 fully saturated rings. The highest BCUT2D eigenvalue weighted by Crippen LogP contribution is 2.27. The number of hydrogen-bond acceptors (Lipinski definition) is 5. The fraction of sp³-hybridized carbons (Fsp3) is 0.400. The van der Waals surface area contributed by atoms with E-state index in [0.717, 1.165) is 16.7 Å². The standard InChI is InChI=1S/C20H27N3O4/c1-3-4-17(13-22-26)16-7-5-15(6-8-16)14(2)23-12-11-18(27-20(23)25)9-10-19(21)24/h3-8,13-14,18,22,26H,9-12H2,1-2H3,(H2,21,24)/b4-3-,17-13+. The van der Waals surface area contributed by atoms with Gasteiger partial charge in [-0.05, 0) is 37.0 Å². The maximum atomic E-state index is 12.3. The van der Waals surface area contributed by atoms with Crippen LogP contribution in [0.4, 0.5) is 4.79 Å². The SMILES string of the molecule is C/C=C\C(=C/NO)c1ccc(C(C)N2CCC(CCC(N)=O)OC2=O)cc1. The molecule has 0 bridgehead atoms. The Morgan fingerprint density at radius 2 is 2.15 bits per heavy atom. The van der Waals surface area contributed by atoms with Crippen LogP contribution in [-0.2, 0) is 9.53 Å². The van der Waals surface area contributed by atoms with Gasteiger partial charge in [0, 0.05) is 25.6 Å². The summed E-state index contributed by atoms with van der Waals surface area (Å²) in [5.74, 6) is -0.385. The summed E-state index contributed by atoms with van der Waals surface area (Å²) >= 11 is 0. The summed E-state index contributed by atoms with van der Waals surface area (Å²) in [5.41, 5.74) is 9.98. The topological polar surface area (TPSA) is 105 Å². The Balaban J connectivity index is 2.03. The number of cyclic esters (lactones) is 1. The number of nitrogens with two attached hydrogens (primary N) is 1. The fourth-order valence-corrected chi connectivity index (χ4v) is 3.11. The zero-order valence-electron chi connectivity index (χ0n) is 15.7. The van der Waals surface area contributed by atoms with E-state index in [-0.39, 0.29) is 30.6 Å². The second kappa shape index (κ2) is 9.78. The van der Waals surface area contributed by atoms with E-state index in [9.17, 15) is 9.59 Å². The normalized spacial score (nSPS) is 19.1. The van der Waals surface area contributed by atoms with Gasteiger partial charge in [0.25, 0.3) is 0 Å². The van der Waals surface area contributed by atoms with Crippen LogP contribution in [0.1, 0.15) is 50.3 Å². The minimum Gasteiger partial charge on any atom is -0.446 e. The number of carbonyl (C=O) groups is 2. The van der Waals surface area contributed by atoms with E-state index in [1.54, 1.807) is 4.90 Å². The van der Waals surface area contributed by atoms with Crippen LogP contribution in [0.15, 0.2) is 42.6 Å². The summed E-state index contributed by atoms with van der Waals surface area (Å²) < 4.78 is 5.44. The molecule has 0 aliphatic carbocycles. The van der Waals surface area contributed by atoms with Gasteiger partial charge >= 0.3 is 6.09 Å². The summed E-state index contributed by atoms with van der Waals surface area (Å²) in [6.07, 6.45) is 6.02. The molecule has 2 amide bonds. The first-order valence-electron chi connectivity index (χ1n) is 9.04. The van der Waals surface area contributed by atoms with Gasteiger partial charge in [0.15, 0.2) is 0 Å². The van der Waals surface area contributed by atoms with E-state index >= 15 is 0 Å². The fourth-order valence-electron chi connectivity index (χ4n) is 3.11. The highest BCUT2D eigenvalue weighted by atomic mass is 16.6. The number of hydrogen-bond donors (Lipinski definition) is 3. The van der Waals surface area contributed by atoms with Crippen molar-refractivity contribution >= 4 is 17.6 Å². The average Bonchev–Trinajstić information content (AvgIpc) is 2.66. The number of allylic oxidation sites excluding steroid dienone is 3. The second-order valence-corrected chi connectivity index (χ2v) is 6.52. The van der Waals surface area contributed by atoms with E-state index in [1.165, 1.54) is 6.20 Å². The molecular weight excluding hydrogens is 346 g/mol. The number of ether oxygens (including phenoxy) is 1. The van der Waals surface area contributed by atoms with Crippen molar-refractivity contribution in [2.24, 2.45) is 5.73 Å². The highest BCUT2D eigenvalue weighted by molar-refractivity contribution is 5.74. The van der Waals surface area contributed by atoms with E-state index < -0.39 is 0 Å². The Morgan fingerprint density at radius 3 is 2.70 bits per heavy atom. The molecule has 4 N–H and O–H groups in total. The van der Waals surface area contributed by atoms with Crippen LogP contribution in [0.3, 0.4) is 0 Å². The number of primary amides is 1. The molecule has 1 heterocycles. The first-order valence-corrected chi connectivity index (χ1v) is 9.04. The number of amides is 2. The van der Waals surface area contributed by atoms with Crippen molar-refractivity contribution in [1.82, 2.24) is 10.4 Å². The Hall–Kier alpha value is -2.80. The molecule has 1 saturated heterocycles. The third-order valence-corrected chi connectivity index (χ3v) is 4.67. The largest absolute Gasteiger partial charge is 0.446 e. The van der Waals surface area contributed by atoms with Gasteiger partial charge in [0.2, 0.25) is 5.91 Å². The van der Waals surface area contributed by atoms with Crippen molar-refractivity contribution in [3.8, 4) is 0 Å². The molecule has 1 aliphatic rings. The summed E-state index contributed by atoms with van der Waals surface area (Å²) in [7, 11) is 0. The van der Waals surface area contributed by atoms with E-state index in [2.05, 4.69) is 5.48 Å². The minimum absolute atomic E-state index is 0.131. The highest BCUT2D eigenvalue weighted by Gasteiger charge is 2.30. The summed E-state index contributed by atoms with van der Waals surface area (Å²) in [6.45, 7) is 4.43. The molecule has 2 atom stereocenters. The number of hydroxylamine groups is 1. The van der Waals surface area contributed by atoms with Crippen molar-refractivity contribution < 1.29 is 19.5 Å². The Bertz CT molecular complexity index is 712. The van der Waals surface area contributed by atoms with Crippen LogP contribution >= 0.6 is 0 Å². The van der Waals surface area contributed by atoms with Crippen molar-refractivity contribution in [3.63, 3.8) is 0 Å². The maximum Gasteiger partial charge on any atom is 0.410 e. The molecule has 1 aliphatic heterocycles. The molecule has 7 nitrogen and oxygen atoms in total. The van der Waals surface area contributed by atoms with Gasteiger partial charge in [-0.25, -0.2) is 4.79 Å². The molecule has 1 aromatic rings. The predicted molar refractivity (Wildman–Crippen MR) is 103 cm³/mol. The Kier molecular flexibility index (Phi) is 7.43. The van der Waals surface area contributed by atoms with Gasteiger partial charge in [-0.1, -0.05) is 36.4 Å². The quantitative estimate of drug-likeness (QED) is 0.480. The van der Waals surface area contributed by atoms with Crippen molar-refractivity contribution in [3.05, 3.63) is 53.7 Å². The van der Waals surface area contributed by atoms with Gasteiger partial charge in [0.1, 0.15) is 6.10 Å². The van der Waals surface area contributed by atoms with Gasteiger partial charge in [-0.3, -0.25) is 15.5 Å². The van der Waals surface area contributed by atoms with Gasteiger partial charge in [-0.15, -0.1) is 0 Å². The molecule has 27 heavy (non-hydrogen) atoms. The van der Waals surface area contributed by atoms with Gasteiger partial charge in [0.05, 0.1) is 6.04 Å². The molecule has 146 valence electrons. The number of rotatable bonds is 8. The van der Waals surface area contributed by atoms with Gasteiger partial charge in [-0.2, -0.15) is 0 Å². The lowest BCUT2D eigenvalue weighted by molar-refractivity contribution is -0.118. The molecular formula is C20H27N3O4. The smallest absolute Gasteiger partial charge is 0.410 e. The van der Waals surface area contributed by atoms with Gasteiger partial charge < -0.3 is 15.4 Å². The molecule has 1 aromatic carbocycles. The average molecular weight is 373 g/mol. The summed E-state index contributed by atoms with van der Waals surface area (Å²) in [5, 5.41) is 8.91. The van der Waals surface area contributed by atoms with Crippen LogP contribution in [-0.4, -0.2) is 34.8 Å². The Morgan fingerprint density at radius 1 is 1.44 bits per heavy atom.